The van der Waals surface area contributed by atoms with Gasteiger partial charge < -0.3 is 9.80 Å². The van der Waals surface area contributed by atoms with E-state index in [4.69, 9.17) is 0 Å². The molecule has 1 amide bonds. The van der Waals surface area contributed by atoms with E-state index in [2.05, 4.69) is 11.8 Å². The van der Waals surface area contributed by atoms with E-state index in [9.17, 15) is 14.4 Å². The summed E-state index contributed by atoms with van der Waals surface area (Å²) in [5.74, 6) is -0.0793. The van der Waals surface area contributed by atoms with Crippen molar-refractivity contribution in [3.05, 3.63) is 45.1 Å². The molecular formula is C18H24N4O3. The summed E-state index contributed by atoms with van der Waals surface area (Å²) in [4.78, 5) is 41.9. The number of para-hydroxylation sites is 1. The van der Waals surface area contributed by atoms with Gasteiger partial charge in [-0.15, -0.1) is 0 Å². The zero-order valence-corrected chi connectivity index (χ0v) is 14.8. The molecule has 1 aromatic heterocycles. The number of carbonyl (C=O) groups is 1. The van der Waals surface area contributed by atoms with Gasteiger partial charge in [0.15, 0.2) is 0 Å². The van der Waals surface area contributed by atoms with Crippen molar-refractivity contribution in [3.8, 4) is 0 Å². The van der Waals surface area contributed by atoms with Gasteiger partial charge in [-0.3, -0.25) is 18.7 Å². The Balaban J connectivity index is 1.95. The molecule has 0 unspecified atom stereocenters. The van der Waals surface area contributed by atoms with Crippen LogP contribution in [0.15, 0.2) is 33.9 Å². The van der Waals surface area contributed by atoms with Crippen molar-refractivity contribution in [2.45, 2.75) is 26.9 Å². The number of likely N-dealkylation sites (N-methyl/N-ethyl adjacent to an activating group) is 1. The lowest BCUT2D eigenvalue weighted by atomic mass is 10.2. The second kappa shape index (κ2) is 7.23. The van der Waals surface area contributed by atoms with Gasteiger partial charge in [0.05, 0.1) is 10.9 Å². The predicted octanol–water partition coefficient (Wildman–Crippen LogP) is 0.347. The summed E-state index contributed by atoms with van der Waals surface area (Å²) in [6, 6.07) is 6.97. The first-order valence-electron chi connectivity index (χ1n) is 8.79. The molecule has 25 heavy (non-hydrogen) atoms. The Morgan fingerprint density at radius 3 is 2.28 bits per heavy atom. The zero-order chi connectivity index (χ0) is 18.0. The zero-order valence-electron chi connectivity index (χ0n) is 14.8. The van der Waals surface area contributed by atoms with Gasteiger partial charge in [-0.1, -0.05) is 19.1 Å². The average Bonchev–Trinajstić information content (AvgIpc) is 2.65. The minimum absolute atomic E-state index is 0.0360. The Morgan fingerprint density at radius 1 is 0.960 bits per heavy atom. The van der Waals surface area contributed by atoms with Crippen LogP contribution in [-0.2, 0) is 17.9 Å². The van der Waals surface area contributed by atoms with Crippen LogP contribution < -0.4 is 11.2 Å². The van der Waals surface area contributed by atoms with Crippen LogP contribution in [0.1, 0.15) is 13.8 Å². The Morgan fingerprint density at radius 2 is 1.64 bits per heavy atom. The number of nitrogens with zero attached hydrogens (tertiary/aromatic N) is 4. The van der Waals surface area contributed by atoms with E-state index in [1.807, 2.05) is 0 Å². The van der Waals surface area contributed by atoms with Crippen molar-refractivity contribution in [3.63, 3.8) is 0 Å². The van der Waals surface area contributed by atoms with E-state index in [0.29, 0.717) is 24.0 Å². The summed E-state index contributed by atoms with van der Waals surface area (Å²) < 4.78 is 2.61. The molecule has 1 aliphatic rings. The summed E-state index contributed by atoms with van der Waals surface area (Å²) in [6.45, 7) is 8.15. The van der Waals surface area contributed by atoms with Crippen LogP contribution in [0.2, 0.25) is 0 Å². The fourth-order valence-electron chi connectivity index (χ4n) is 3.35. The number of aromatic nitrogens is 2. The van der Waals surface area contributed by atoms with E-state index in [-0.39, 0.29) is 24.6 Å². The number of piperazine rings is 1. The molecule has 2 heterocycles. The molecule has 0 radical (unpaired) electrons. The molecule has 2 aromatic rings. The Labute approximate surface area is 146 Å². The van der Waals surface area contributed by atoms with Gasteiger partial charge in [0.1, 0.15) is 6.54 Å². The first-order valence-corrected chi connectivity index (χ1v) is 8.79. The fraction of sp³-hybridized carbons (Fsp3) is 0.500. The largest absolute Gasteiger partial charge is 0.339 e. The van der Waals surface area contributed by atoms with Crippen LogP contribution in [0.5, 0.6) is 0 Å². The summed E-state index contributed by atoms with van der Waals surface area (Å²) in [7, 11) is 0. The summed E-state index contributed by atoms with van der Waals surface area (Å²) in [5, 5.41) is 0.465. The lowest BCUT2D eigenvalue weighted by Gasteiger charge is -2.34. The molecule has 0 atom stereocenters. The highest BCUT2D eigenvalue weighted by atomic mass is 16.2. The first-order chi connectivity index (χ1) is 12.1. The number of fused-ring (bicyclic) bond motifs is 1. The average molecular weight is 344 g/mol. The number of carbonyl (C=O) groups excluding carboxylic acids is 1. The molecule has 1 aromatic carbocycles. The van der Waals surface area contributed by atoms with Gasteiger partial charge >= 0.3 is 5.69 Å². The minimum Gasteiger partial charge on any atom is -0.339 e. The summed E-state index contributed by atoms with van der Waals surface area (Å²) >= 11 is 0. The van der Waals surface area contributed by atoms with Gasteiger partial charge in [-0.2, -0.15) is 0 Å². The maximum Gasteiger partial charge on any atom is 0.331 e. The van der Waals surface area contributed by atoms with Crippen molar-refractivity contribution in [1.82, 2.24) is 18.9 Å². The predicted molar refractivity (Wildman–Crippen MR) is 96.8 cm³/mol. The van der Waals surface area contributed by atoms with Crippen LogP contribution in [0.4, 0.5) is 0 Å². The van der Waals surface area contributed by atoms with E-state index in [1.54, 1.807) is 36.1 Å². The van der Waals surface area contributed by atoms with Crippen molar-refractivity contribution >= 4 is 16.8 Å². The third-order valence-corrected chi connectivity index (χ3v) is 4.91. The first kappa shape index (κ1) is 17.4. The number of benzene rings is 1. The van der Waals surface area contributed by atoms with Crippen molar-refractivity contribution in [2.24, 2.45) is 0 Å². The molecule has 7 heteroatoms. The van der Waals surface area contributed by atoms with Crippen LogP contribution in [0.3, 0.4) is 0 Å². The molecule has 7 nitrogen and oxygen atoms in total. The molecule has 0 spiro atoms. The fourth-order valence-corrected chi connectivity index (χ4v) is 3.35. The van der Waals surface area contributed by atoms with Crippen molar-refractivity contribution in [2.75, 3.05) is 32.7 Å². The molecule has 0 aliphatic carbocycles. The minimum atomic E-state index is -0.424. The maximum absolute atomic E-state index is 12.7. The van der Waals surface area contributed by atoms with Gasteiger partial charge in [0.2, 0.25) is 5.91 Å². The highest BCUT2D eigenvalue weighted by Crippen LogP contribution is 2.09. The van der Waals surface area contributed by atoms with E-state index < -0.39 is 5.69 Å². The molecule has 1 saturated heterocycles. The number of rotatable bonds is 4. The number of hydrogen-bond acceptors (Lipinski definition) is 4. The molecular weight excluding hydrogens is 320 g/mol. The summed E-state index contributed by atoms with van der Waals surface area (Å²) in [6.07, 6.45) is 0. The van der Waals surface area contributed by atoms with Crippen molar-refractivity contribution in [1.29, 1.82) is 0 Å². The van der Waals surface area contributed by atoms with Gasteiger partial charge in [-0.25, -0.2) is 4.79 Å². The van der Waals surface area contributed by atoms with E-state index >= 15 is 0 Å². The lowest BCUT2D eigenvalue weighted by Crippen LogP contribution is -2.50. The van der Waals surface area contributed by atoms with Crippen LogP contribution in [0, 0.1) is 0 Å². The Bertz CT molecular complexity index is 891. The van der Waals surface area contributed by atoms with Crippen LogP contribution in [0.25, 0.3) is 10.9 Å². The van der Waals surface area contributed by atoms with Gasteiger partial charge in [-0.05, 0) is 25.6 Å². The molecule has 1 aliphatic heterocycles. The standard InChI is InChI=1S/C18H24N4O3/c1-3-19-9-11-20(12-10-19)16(23)13-22-15-8-6-5-7-14(15)17(24)21(4-2)18(22)25/h5-8H,3-4,9-13H2,1-2H3. The lowest BCUT2D eigenvalue weighted by molar-refractivity contribution is -0.133. The molecule has 134 valence electrons. The normalized spacial score (nSPS) is 15.7. The summed E-state index contributed by atoms with van der Waals surface area (Å²) in [5.41, 5.74) is -0.210. The molecule has 0 saturated carbocycles. The molecule has 0 bridgehead atoms. The van der Waals surface area contributed by atoms with Crippen LogP contribution >= 0.6 is 0 Å². The van der Waals surface area contributed by atoms with E-state index in [1.165, 1.54) is 9.13 Å². The monoisotopic (exact) mass is 344 g/mol. The van der Waals surface area contributed by atoms with E-state index in [0.717, 1.165) is 19.6 Å². The second-order valence-electron chi connectivity index (χ2n) is 6.25. The molecule has 3 rings (SSSR count). The van der Waals surface area contributed by atoms with Gasteiger partial charge in [0, 0.05) is 32.7 Å². The topological polar surface area (TPSA) is 67.5 Å². The molecule has 0 N–H and O–H groups in total. The highest BCUT2D eigenvalue weighted by Gasteiger charge is 2.22. The number of amides is 1. The smallest absolute Gasteiger partial charge is 0.331 e. The highest BCUT2D eigenvalue weighted by molar-refractivity contribution is 5.81. The Hall–Kier alpha value is -2.41. The third kappa shape index (κ3) is 3.24. The Kier molecular flexibility index (Phi) is 5.03. The maximum atomic E-state index is 12.7. The number of hydrogen-bond donors (Lipinski definition) is 0. The second-order valence-corrected chi connectivity index (χ2v) is 6.25. The SMILES string of the molecule is CCN1CCN(C(=O)Cn2c(=O)n(CC)c(=O)c3ccccc32)CC1. The molecule has 1 fully saturated rings. The van der Waals surface area contributed by atoms with Crippen molar-refractivity contribution < 1.29 is 4.79 Å². The van der Waals surface area contributed by atoms with Crippen LogP contribution in [-0.4, -0.2) is 57.6 Å². The quantitative estimate of drug-likeness (QED) is 0.803. The van der Waals surface area contributed by atoms with Gasteiger partial charge in [0.25, 0.3) is 5.56 Å². The third-order valence-electron chi connectivity index (χ3n) is 4.91.